The molecule has 2 aromatic rings. The Balaban J connectivity index is 1.54. The zero-order chi connectivity index (χ0) is 20.9. The Labute approximate surface area is 170 Å². The molecule has 0 unspecified atom stereocenters. The summed E-state index contributed by atoms with van der Waals surface area (Å²) in [6.07, 6.45) is 1.09. The largest absolute Gasteiger partial charge is 0.344 e. The molecule has 2 N–H and O–H groups in total. The summed E-state index contributed by atoms with van der Waals surface area (Å²) in [4.78, 5) is 39.2. The van der Waals surface area contributed by atoms with Gasteiger partial charge in [0.1, 0.15) is 5.54 Å². The fourth-order valence-corrected chi connectivity index (χ4v) is 3.35. The number of hydrazine groups is 1. The van der Waals surface area contributed by atoms with Crippen LogP contribution in [0, 0.1) is 0 Å². The lowest BCUT2D eigenvalue weighted by atomic mass is 9.93. The maximum absolute atomic E-state index is 12.8. The highest BCUT2D eigenvalue weighted by Gasteiger charge is 2.48. The molecule has 7 heteroatoms. The Morgan fingerprint density at radius 1 is 1.03 bits per heavy atom. The van der Waals surface area contributed by atoms with Gasteiger partial charge in [-0.05, 0) is 37.9 Å². The van der Waals surface area contributed by atoms with E-state index in [4.69, 9.17) is 0 Å². The van der Waals surface area contributed by atoms with Crippen molar-refractivity contribution in [2.24, 2.45) is 0 Å². The minimum absolute atomic E-state index is 0.0622. The SMILES string of the molecule is CN(CC(=O)NN1C(=O)N[C@](C)(CCc2ccccc2)C1=O)Cc1ccccc1. The van der Waals surface area contributed by atoms with Crippen molar-refractivity contribution in [3.05, 3.63) is 71.8 Å². The molecule has 0 radical (unpaired) electrons. The molecule has 0 saturated carbocycles. The second-order valence-corrected chi connectivity index (χ2v) is 7.58. The van der Waals surface area contributed by atoms with E-state index in [-0.39, 0.29) is 6.54 Å². The van der Waals surface area contributed by atoms with Crippen LogP contribution in [0.15, 0.2) is 60.7 Å². The number of benzene rings is 2. The fourth-order valence-electron chi connectivity index (χ4n) is 3.35. The van der Waals surface area contributed by atoms with Crippen LogP contribution in [0.5, 0.6) is 0 Å². The lowest BCUT2D eigenvalue weighted by Crippen LogP contribution is -2.51. The van der Waals surface area contributed by atoms with Crippen LogP contribution in [0.3, 0.4) is 0 Å². The van der Waals surface area contributed by atoms with Gasteiger partial charge in [-0.1, -0.05) is 60.7 Å². The monoisotopic (exact) mass is 394 g/mol. The maximum atomic E-state index is 12.8. The van der Waals surface area contributed by atoms with E-state index < -0.39 is 23.4 Å². The van der Waals surface area contributed by atoms with Crippen LogP contribution in [0.1, 0.15) is 24.5 Å². The van der Waals surface area contributed by atoms with Crippen LogP contribution in [0.2, 0.25) is 0 Å². The number of amides is 4. The van der Waals surface area contributed by atoms with Gasteiger partial charge in [0.2, 0.25) is 0 Å². The average molecular weight is 394 g/mol. The molecule has 2 aromatic carbocycles. The van der Waals surface area contributed by atoms with Crippen LogP contribution < -0.4 is 10.7 Å². The number of nitrogens with one attached hydrogen (secondary N) is 2. The molecular formula is C22H26N4O3. The molecule has 0 bridgehead atoms. The van der Waals surface area contributed by atoms with Gasteiger partial charge in [0, 0.05) is 6.54 Å². The maximum Gasteiger partial charge on any atom is 0.344 e. The van der Waals surface area contributed by atoms with Crippen molar-refractivity contribution in [1.29, 1.82) is 0 Å². The van der Waals surface area contributed by atoms with E-state index in [0.29, 0.717) is 19.4 Å². The Morgan fingerprint density at radius 3 is 2.24 bits per heavy atom. The van der Waals surface area contributed by atoms with Crippen molar-refractivity contribution in [3.63, 3.8) is 0 Å². The summed E-state index contributed by atoms with van der Waals surface area (Å²) in [5, 5.41) is 3.50. The van der Waals surface area contributed by atoms with Crippen LogP contribution in [-0.2, 0) is 22.6 Å². The second-order valence-electron chi connectivity index (χ2n) is 7.58. The Hall–Kier alpha value is -3.19. The molecule has 1 saturated heterocycles. The first-order chi connectivity index (χ1) is 13.9. The first-order valence-corrected chi connectivity index (χ1v) is 9.60. The number of rotatable bonds is 8. The molecule has 29 heavy (non-hydrogen) atoms. The molecule has 1 heterocycles. The minimum atomic E-state index is -1.05. The van der Waals surface area contributed by atoms with Gasteiger partial charge in [-0.3, -0.25) is 19.9 Å². The van der Waals surface area contributed by atoms with E-state index in [1.165, 1.54) is 0 Å². The van der Waals surface area contributed by atoms with E-state index in [9.17, 15) is 14.4 Å². The zero-order valence-electron chi connectivity index (χ0n) is 16.7. The molecule has 3 rings (SSSR count). The molecule has 0 spiro atoms. The van der Waals surface area contributed by atoms with E-state index in [1.807, 2.05) is 72.6 Å². The topological polar surface area (TPSA) is 81.8 Å². The minimum Gasteiger partial charge on any atom is -0.322 e. The third kappa shape index (κ3) is 5.20. The Kier molecular flexibility index (Phi) is 6.29. The number of nitrogens with zero attached hydrogens (tertiary/aromatic N) is 2. The molecular weight excluding hydrogens is 368 g/mol. The second kappa shape index (κ2) is 8.87. The van der Waals surface area contributed by atoms with Gasteiger partial charge in [-0.25, -0.2) is 4.79 Å². The first-order valence-electron chi connectivity index (χ1n) is 9.60. The number of likely N-dealkylation sites (N-methyl/N-ethyl adjacent to an activating group) is 1. The standard InChI is InChI=1S/C22H26N4O3/c1-22(14-13-17-9-5-3-6-10-17)20(28)26(21(29)23-22)24-19(27)16-25(2)15-18-11-7-4-8-12-18/h3-12H,13-16H2,1-2H3,(H,23,29)(H,24,27)/t22-/m1/s1. The van der Waals surface area contributed by atoms with Gasteiger partial charge in [0.15, 0.2) is 0 Å². The summed E-state index contributed by atoms with van der Waals surface area (Å²) in [6.45, 7) is 2.33. The Bertz CT molecular complexity index is 872. The summed E-state index contributed by atoms with van der Waals surface area (Å²) in [5.41, 5.74) is 3.55. The molecule has 1 aliphatic rings. The molecule has 0 aliphatic carbocycles. The summed E-state index contributed by atoms with van der Waals surface area (Å²) < 4.78 is 0. The molecule has 152 valence electrons. The van der Waals surface area contributed by atoms with Crippen LogP contribution in [0.4, 0.5) is 4.79 Å². The van der Waals surface area contributed by atoms with Crippen molar-refractivity contribution in [1.82, 2.24) is 20.7 Å². The van der Waals surface area contributed by atoms with Gasteiger partial charge in [-0.15, -0.1) is 0 Å². The van der Waals surface area contributed by atoms with Crippen molar-refractivity contribution < 1.29 is 14.4 Å². The van der Waals surface area contributed by atoms with Gasteiger partial charge >= 0.3 is 6.03 Å². The third-order valence-corrected chi connectivity index (χ3v) is 4.96. The molecule has 7 nitrogen and oxygen atoms in total. The van der Waals surface area contributed by atoms with E-state index in [0.717, 1.165) is 16.1 Å². The number of imide groups is 1. The first kappa shape index (κ1) is 20.5. The van der Waals surface area contributed by atoms with Crippen LogP contribution in [-0.4, -0.2) is 46.9 Å². The average Bonchev–Trinajstić information content (AvgIpc) is 2.91. The van der Waals surface area contributed by atoms with Gasteiger partial charge < -0.3 is 5.32 Å². The van der Waals surface area contributed by atoms with Crippen LogP contribution >= 0.6 is 0 Å². The van der Waals surface area contributed by atoms with E-state index in [2.05, 4.69) is 10.7 Å². The fraction of sp³-hybridized carbons (Fsp3) is 0.318. The number of hydrogen-bond acceptors (Lipinski definition) is 4. The summed E-state index contributed by atoms with van der Waals surface area (Å²) in [5.74, 6) is -0.864. The number of aryl methyl sites for hydroxylation is 1. The van der Waals surface area contributed by atoms with Gasteiger partial charge in [-0.2, -0.15) is 5.01 Å². The Morgan fingerprint density at radius 2 is 1.62 bits per heavy atom. The number of hydrogen-bond donors (Lipinski definition) is 2. The van der Waals surface area contributed by atoms with Crippen molar-refractivity contribution in [3.8, 4) is 0 Å². The van der Waals surface area contributed by atoms with E-state index in [1.54, 1.807) is 6.92 Å². The number of urea groups is 1. The van der Waals surface area contributed by atoms with Crippen molar-refractivity contribution in [2.75, 3.05) is 13.6 Å². The highest BCUT2D eigenvalue weighted by atomic mass is 16.2. The highest BCUT2D eigenvalue weighted by Crippen LogP contribution is 2.22. The van der Waals surface area contributed by atoms with Crippen molar-refractivity contribution in [2.45, 2.75) is 31.8 Å². The molecule has 1 atom stereocenters. The summed E-state index contributed by atoms with van der Waals surface area (Å²) >= 11 is 0. The van der Waals surface area contributed by atoms with Gasteiger partial charge in [0.05, 0.1) is 6.54 Å². The van der Waals surface area contributed by atoms with Crippen LogP contribution in [0.25, 0.3) is 0 Å². The lowest BCUT2D eigenvalue weighted by Gasteiger charge is -2.22. The summed E-state index contributed by atoms with van der Waals surface area (Å²) in [6, 6.07) is 18.9. The number of carbonyl (C=O) groups excluding carboxylic acids is 3. The van der Waals surface area contributed by atoms with E-state index >= 15 is 0 Å². The van der Waals surface area contributed by atoms with Gasteiger partial charge in [0.25, 0.3) is 11.8 Å². The highest BCUT2D eigenvalue weighted by molar-refractivity contribution is 6.07. The molecule has 0 aromatic heterocycles. The summed E-state index contributed by atoms with van der Waals surface area (Å²) in [7, 11) is 1.81. The predicted molar refractivity (Wildman–Crippen MR) is 109 cm³/mol. The molecule has 4 amide bonds. The smallest absolute Gasteiger partial charge is 0.322 e. The third-order valence-electron chi connectivity index (χ3n) is 4.96. The normalized spacial score (nSPS) is 18.8. The zero-order valence-corrected chi connectivity index (χ0v) is 16.7. The quantitative estimate of drug-likeness (QED) is 0.672. The number of carbonyl (C=O) groups is 3. The lowest BCUT2D eigenvalue weighted by molar-refractivity contribution is -0.139. The molecule has 1 aliphatic heterocycles. The predicted octanol–water partition coefficient (Wildman–Crippen LogP) is 2.09. The molecule has 1 fully saturated rings. The van der Waals surface area contributed by atoms with Crippen molar-refractivity contribution >= 4 is 17.8 Å².